The number of benzene rings is 2. The van der Waals surface area contributed by atoms with E-state index >= 15 is 0 Å². The third kappa shape index (κ3) is 3.08. The fourth-order valence-corrected chi connectivity index (χ4v) is 2.09. The molecule has 0 saturated carbocycles. The van der Waals surface area contributed by atoms with Gasteiger partial charge in [0, 0.05) is 17.8 Å². The summed E-state index contributed by atoms with van der Waals surface area (Å²) in [5, 5.41) is 10.9. The molecule has 1 heterocycles. The highest BCUT2D eigenvalue weighted by Crippen LogP contribution is 2.23. The maximum absolute atomic E-state index is 12.9. The second kappa shape index (κ2) is 5.75. The predicted molar refractivity (Wildman–Crippen MR) is 78.2 cm³/mol. The Balaban J connectivity index is 1.73. The van der Waals surface area contributed by atoms with Gasteiger partial charge in [-0.3, -0.25) is 0 Å². The van der Waals surface area contributed by atoms with Gasteiger partial charge in [0.1, 0.15) is 5.82 Å². The Morgan fingerprint density at radius 1 is 1.14 bits per heavy atom. The van der Waals surface area contributed by atoms with Crippen LogP contribution < -0.4 is 5.32 Å². The average Bonchev–Trinajstić information content (AvgIpc) is 3.02. The van der Waals surface area contributed by atoms with Crippen LogP contribution in [0.3, 0.4) is 0 Å². The van der Waals surface area contributed by atoms with Gasteiger partial charge in [-0.15, -0.1) is 10.2 Å². The highest BCUT2D eigenvalue weighted by molar-refractivity contribution is 5.62. The molecule has 0 spiro atoms. The number of aromatic nitrogens is 2. The van der Waals surface area contributed by atoms with Crippen molar-refractivity contribution in [3.63, 3.8) is 0 Å². The van der Waals surface area contributed by atoms with Crippen molar-refractivity contribution in [1.82, 2.24) is 10.2 Å². The first-order chi connectivity index (χ1) is 10.2. The zero-order valence-electron chi connectivity index (χ0n) is 11.5. The van der Waals surface area contributed by atoms with Gasteiger partial charge in [0.25, 0.3) is 0 Å². The second-order valence-corrected chi connectivity index (χ2v) is 4.75. The van der Waals surface area contributed by atoms with Crippen molar-refractivity contribution in [1.29, 1.82) is 0 Å². The third-order valence-electron chi connectivity index (χ3n) is 3.23. The molecule has 0 aliphatic rings. The number of anilines is 1. The Morgan fingerprint density at radius 3 is 2.62 bits per heavy atom. The Hall–Kier alpha value is -2.69. The average molecular weight is 283 g/mol. The Morgan fingerprint density at radius 2 is 1.95 bits per heavy atom. The normalized spacial score (nSPS) is 10.6. The molecule has 0 unspecified atom stereocenters. The molecule has 1 N–H and O–H groups in total. The van der Waals surface area contributed by atoms with Crippen molar-refractivity contribution < 1.29 is 8.81 Å². The van der Waals surface area contributed by atoms with E-state index in [9.17, 15) is 4.39 Å². The molecule has 2 aromatic carbocycles. The number of nitrogens with zero attached hydrogens (tertiary/aromatic N) is 2. The van der Waals surface area contributed by atoms with Crippen LogP contribution in [0.1, 0.15) is 11.1 Å². The highest BCUT2D eigenvalue weighted by Gasteiger charge is 2.06. The molecule has 0 radical (unpaired) electrons. The lowest BCUT2D eigenvalue weighted by molar-refractivity contribution is 0.568. The first-order valence-electron chi connectivity index (χ1n) is 6.58. The summed E-state index contributed by atoms with van der Waals surface area (Å²) in [6, 6.07) is 12.3. The summed E-state index contributed by atoms with van der Waals surface area (Å²) in [5.41, 5.74) is 4.00. The lowest BCUT2D eigenvalue weighted by atomic mass is 10.1. The fourth-order valence-electron chi connectivity index (χ4n) is 2.09. The van der Waals surface area contributed by atoms with E-state index in [1.165, 1.54) is 18.5 Å². The maximum Gasteiger partial charge on any atom is 0.247 e. The molecule has 0 saturated heterocycles. The molecule has 0 amide bonds. The Labute approximate surface area is 121 Å². The summed E-state index contributed by atoms with van der Waals surface area (Å²) in [6.45, 7) is 2.65. The first kappa shape index (κ1) is 13.3. The van der Waals surface area contributed by atoms with E-state index in [1.807, 2.05) is 25.1 Å². The summed E-state index contributed by atoms with van der Waals surface area (Å²) in [4.78, 5) is 0. The van der Waals surface area contributed by atoms with Gasteiger partial charge in [-0.25, -0.2) is 4.39 Å². The zero-order chi connectivity index (χ0) is 14.7. The van der Waals surface area contributed by atoms with Crippen LogP contribution in [0.15, 0.2) is 53.3 Å². The molecule has 3 aromatic rings. The molecule has 0 fully saturated rings. The van der Waals surface area contributed by atoms with Gasteiger partial charge >= 0.3 is 0 Å². The van der Waals surface area contributed by atoms with Crippen molar-refractivity contribution in [2.24, 2.45) is 0 Å². The minimum atomic E-state index is -0.223. The summed E-state index contributed by atoms with van der Waals surface area (Å²) < 4.78 is 18.0. The van der Waals surface area contributed by atoms with Crippen molar-refractivity contribution >= 4 is 5.69 Å². The summed E-state index contributed by atoms with van der Waals surface area (Å²) in [5.74, 6) is 0.280. The zero-order valence-corrected chi connectivity index (χ0v) is 11.5. The van der Waals surface area contributed by atoms with Crippen LogP contribution in [0, 0.1) is 12.7 Å². The number of nitrogens with one attached hydrogen (secondary N) is 1. The predicted octanol–water partition coefficient (Wildman–Crippen LogP) is 3.80. The molecular formula is C16H14FN3O. The highest BCUT2D eigenvalue weighted by atomic mass is 19.1. The van der Waals surface area contributed by atoms with Crippen LogP contribution >= 0.6 is 0 Å². The molecular weight excluding hydrogens is 269 g/mol. The molecule has 0 atom stereocenters. The van der Waals surface area contributed by atoms with E-state index in [0.717, 1.165) is 22.4 Å². The Kier molecular flexibility index (Phi) is 3.64. The minimum absolute atomic E-state index is 0.223. The van der Waals surface area contributed by atoms with E-state index in [-0.39, 0.29) is 5.82 Å². The standard InChI is InChI=1S/C16H14FN3O/c1-11-8-13(16-20-19-10-21-16)4-7-15(11)18-9-12-2-5-14(17)6-3-12/h2-8,10,18H,9H2,1H3. The third-order valence-corrected chi connectivity index (χ3v) is 3.23. The van der Waals surface area contributed by atoms with Crippen LogP contribution in [0.4, 0.5) is 10.1 Å². The molecule has 4 nitrogen and oxygen atoms in total. The smallest absolute Gasteiger partial charge is 0.247 e. The fraction of sp³-hybridized carbons (Fsp3) is 0.125. The quantitative estimate of drug-likeness (QED) is 0.791. The lowest BCUT2D eigenvalue weighted by Gasteiger charge is -2.10. The molecule has 21 heavy (non-hydrogen) atoms. The summed E-state index contributed by atoms with van der Waals surface area (Å²) in [7, 11) is 0. The van der Waals surface area contributed by atoms with Crippen molar-refractivity contribution in [2.75, 3.05) is 5.32 Å². The summed E-state index contributed by atoms with van der Waals surface area (Å²) >= 11 is 0. The van der Waals surface area contributed by atoms with Crippen LogP contribution in [-0.2, 0) is 6.54 Å². The van der Waals surface area contributed by atoms with Crippen LogP contribution in [0.2, 0.25) is 0 Å². The van der Waals surface area contributed by atoms with Gasteiger partial charge in [0.15, 0.2) is 0 Å². The number of rotatable bonds is 4. The molecule has 1 aromatic heterocycles. The van der Waals surface area contributed by atoms with Crippen LogP contribution in [0.5, 0.6) is 0 Å². The number of halogens is 1. The SMILES string of the molecule is Cc1cc(-c2nnco2)ccc1NCc1ccc(F)cc1. The number of hydrogen-bond donors (Lipinski definition) is 1. The minimum Gasteiger partial charge on any atom is -0.423 e. The molecule has 3 rings (SSSR count). The van der Waals surface area contributed by atoms with Crippen molar-refractivity contribution in [2.45, 2.75) is 13.5 Å². The van der Waals surface area contributed by atoms with Gasteiger partial charge in [0.2, 0.25) is 12.3 Å². The molecule has 5 heteroatoms. The molecule has 0 bridgehead atoms. The summed E-state index contributed by atoms with van der Waals surface area (Å²) in [6.07, 6.45) is 1.31. The second-order valence-electron chi connectivity index (χ2n) is 4.75. The largest absolute Gasteiger partial charge is 0.423 e. The van der Waals surface area contributed by atoms with E-state index in [2.05, 4.69) is 15.5 Å². The monoisotopic (exact) mass is 283 g/mol. The lowest BCUT2D eigenvalue weighted by Crippen LogP contribution is -2.01. The van der Waals surface area contributed by atoms with Crippen LogP contribution in [-0.4, -0.2) is 10.2 Å². The molecule has 0 aliphatic heterocycles. The van der Waals surface area contributed by atoms with Gasteiger partial charge in [-0.2, -0.15) is 0 Å². The molecule has 106 valence electrons. The molecule has 0 aliphatic carbocycles. The van der Waals surface area contributed by atoms with Gasteiger partial charge in [-0.1, -0.05) is 12.1 Å². The van der Waals surface area contributed by atoms with E-state index in [1.54, 1.807) is 12.1 Å². The first-order valence-corrected chi connectivity index (χ1v) is 6.58. The van der Waals surface area contributed by atoms with Crippen LogP contribution in [0.25, 0.3) is 11.5 Å². The maximum atomic E-state index is 12.9. The van der Waals surface area contributed by atoms with E-state index < -0.39 is 0 Å². The van der Waals surface area contributed by atoms with Gasteiger partial charge in [-0.05, 0) is 48.4 Å². The van der Waals surface area contributed by atoms with E-state index in [4.69, 9.17) is 4.42 Å². The Bertz CT molecular complexity index is 724. The van der Waals surface area contributed by atoms with Crippen molar-refractivity contribution in [3.8, 4) is 11.5 Å². The number of hydrogen-bond acceptors (Lipinski definition) is 4. The van der Waals surface area contributed by atoms with Gasteiger partial charge < -0.3 is 9.73 Å². The topological polar surface area (TPSA) is 51.0 Å². The van der Waals surface area contributed by atoms with Crippen molar-refractivity contribution in [3.05, 3.63) is 65.8 Å². The van der Waals surface area contributed by atoms with Gasteiger partial charge in [0.05, 0.1) is 0 Å². The van der Waals surface area contributed by atoms with E-state index in [0.29, 0.717) is 12.4 Å². The number of aryl methyl sites for hydroxylation is 1.